The Balaban J connectivity index is 1.65. The normalized spacial score (nSPS) is 18.3. The van der Waals surface area contributed by atoms with E-state index >= 15 is 0 Å². The number of benzene rings is 1. The minimum absolute atomic E-state index is 0.0210. The Morgan fingerprint density at radius 3 is 2.45 bits per heavy atom. The lowest BCUT2D eigenvalue weighted by Gasteiger charge is -2.35. The number of hydrogen-bond donors (Lipinski definition) is 0. The average molecular weight is 453 g/mol. The molecule has 0 saturated carbocycles. The molecule has 0 aliphatic carbocycles. The van der Waals surface area contributed by atoms with Gasteiger partial charge in [0.1, 0.15) is 13.2 Å². The number of hydrogen-bond acceptors (Lipinski definition) is 6. The van der Waals surface area contributed by atoms with Gasteiger partial charge in [-0.2, -0.15) is 0 Å². The molecule has 2 aromatic heterocycles. The first-order valence-corrected chi connectivity index (χ1v) is 11.0. The molecule has 1 aliphatic heterocycles. The fourth-order valence-electron chi connectivity index (χ4n) is 4.39. The van der Waals surface area contributed by atoms with Gasteiger partial charge in [-0.1, -0.05) is 44.2 Å². The Kier molecular flexibility index (Phi) is 6.48. The van der Waals surface area contributed by atoms with Crippen molar-refractivity contribution in [3.63, 3.8) is 0 Å². The summed E-state index contributed by atoms with van der Waals surface area (Å²) >= 11 is 0. The molecule has 1 amide bonds. The van der Waals surface area contributed by atoms with Crippen LogP contribution in [0.15, 0.2) is 47.5 Å². The maximum Gasteiger partial charge on any atom is 0.360 e. The molecule has 1 aromatic carbocycles. The molecule has 0 bridgehead atoms. The fourth-order valence-corrected chi connectivity index (χ4v) is 4.39. The molecule has 0 radical (unpaired) electrons. The van der Waals surface area contributed by atoms with Gasteiger partial charge in [0, 0.05) is 25.5 Å². The van der Waals surface area contributed by atoms with E-state index in [1.54, 1.807) is 10.8 Å². The van der Waals surface area contributed by atoms with Crippen molar-refractivity contribution in [3.8, 4) is 5.75 Å². The van der Waals surface area contributed by atoms with Gasteiger partial charge < -0.3 is 18.9 Å². The molecule has 1 aliphatic rings. The molecule has 9 nitrogen and oxygen atoms in total. The molecule has 0 spiro atoms. The highest BCUT2D eigenvalue weighted by Crippen LogP contribution is 2.22. The summed E-state index contributed by atoms with van der Waals surface area (Å²) in [6, 6.07) is 9.29. The van der Waals surface area contributed by atoms with Crippen molar-refractivity contribution in [1.29, 1.82) is 0 Å². The van der Waals surface area contributed by atoms with Crippen LogP contribution in [0.5, 0.6) is 5.75 Å². The molecule has 1 saturated heterocycles. The minimum Gasteiger partial charge on any atom is -0.481 e. The maximum atomic E-state index is 13.2. The highest BCUT2D eigenvalue weighted by atomic mass is 16.5. The Labute approximate surface area is 191 Å². The third kappa shape index (κ3) is 4.76. The Hall–Kier alpha value is -3.62. The smallest absolute Gasteiger partial charge is 0.360 e. The number of likely N-dealkylation sites (tertiary alicyclic amines) is 1. The maximum absolute atomic E-state index is 13.2. The SMILES string of the molecule is COC(=O)c1nc2n(CC(=O)N3C[C@H](C)C[C@@H](C)C3)ccn2c(=O)c1OCc1ccccc1. The highest BCUT2D eigenvalue weighted by Gasteiger charge is 2.27. The molecule has 1 fully saturated rings. The first-order chi connectivity index (χ1) is 15.9. The van der Waals surface area contributed by atoms with Crippen LogP contribution in [0.25, 0.3) is 5.78 Å². The van der Waals surface area contributed by atoms with Gasteiger partial charge >= 0.3 is 11.5 Å². The summed E-state index contributed by atoms with van der Waals surface area (Å²) in [6.07, 6.45) is 4.23. The van der Waals surface area contributed by atoms with Crippen molar-refractivity contribution in [1.82, 2.24) is 18.9 Å². The number of carbonyl (C=O) groups is 2. The van der Waals surface area contributed by atoms with Crippen LogP contribution in [-0.4, -0.2) is 50.9 Å². The van der Waals surface area contributed by atoms with Crippen LogP contribution in [0.1, 0.15) is 36.3 Å². The van der Waals surface area contributed by atoms with Gasteiger partial charge in [-0.3, -0.25) is 9.59 Å². The lowest BCUT2D eigenvalue weighted by Crippen LogP contribution is -2.44. The molecule has 0 N–H and O–H groups in total. The van der Waals surface area contributed by atoms with E-state index in [-0.39, 0.29) is 36.3 Å². The van der Waals surface area contributed by atoms with Crippen LogP contribution in [0.2, 0.25) is 0 Å². The molecule has 2 atom stereocenters. The van der Waals surface area contributed by atoms with Crippen molar-refractivity contribution in [2.75, 3.05) is 20.2 Å². The number of carbonyl (C=O) groups excluding carboxylic acids is 2. The molecule has 4 rings (SSSR count). The number of esters is 1. The van der Waals surface area contributed by atoms with E-state index < -0.39 is 11.5 Å². The second-order valence-corrected chi connectivity index (χ2v) is 8.70. The van der Waals surface area contributed by atoms with E-state index in [0.717, 1.165) is 12.0 Å². The van der Waals surface area contributed by atoms with Crippen LogP contribution in [0, 0.1) is 11.8 Å². The van der Waals surface area contributed by atoms with Crippen molar-refractivity contribution in [2.24, 2.45) is 11.8 Å². The van der Waals surface area contributed by atoms with Gasteiger partial charge in [0.15, 0.2) is 5.69 Å². The summed E-state index contributed by atoms with van der Waals surface area (Å²) in [7, 11) is 1.22. The molecule has 0 unspecified atom stereocenters. The van der Waals surface area contributed by atoms with E-state index in [1.165, 1.54) is 17.7 Å². The lowest BCUT2D eigenvalue weighted by atomic mass is 9.92. The number of methoxy groups -OCH3 is 1. The second kappa shape index (κ2) is 9.48. The van der Waals surface area contributed by atoms with Crippen LogP contribution < -0.4 is 10.3 Å². The van der Waals surface area contributed by atoms with Crippen molar-refractivity contribution < 1.29 is 19.1 Å². The average Bonchev–Trinajstić information content (AvgIpc) is 3.20. The van der Waals surface area contributed by atoms with Crippen molar-refractivity contribution >= 4 is 17.7 Å². The largest absolute Gasteiger partial charge is 0.481 e. The van der Waals surface area contributed by atoms with Crippen LogP contribution in [0.4, 0.5) is 0 Å². The number of fused-ring (bicyclic) bond motifs is 1. The third-order valence-electron chi connectivity index (χ3n) is 5.84. The van der Waals surface area contributed by atoms with Crippen molar-refractivity contribution in [3.05, 3.63) is 64.3 Å². The summed E-state index contributed by atoms with van der Waals surface area (Å²) < 4.78 is 13.4. The van der Waals surface area contributed by atoms with E-state index in [2.05, 4.69) is 18.8 Å². The summed E-state index contributed by atoms with van der Waals surface area (Å²) in [5.74, 6) is 0.0373. The minimum atomic E-state index is -0.782. The first-order valence-electron chi connectivity index (χ1n) is 11.0. The van der Waals surface area contributed by atoms with Crippen LogP contribution in [-0.2, 0) is 22.7 Å². The summed E-state index contributed by atoms with van der Waals surface area (Å²) in [6.45, 7) is 5.82. The van der Waals surface area contributed by atoms with Gasteiger partial charge in [0.25, 0.3) is 0 Å². The highest BCUT2D eigenvalue weighted by molar-refractivity contribution is 5.90. The van der Waals surface area contributed by atoms with E-state index in [0.29, 0.717) is 24.9 Å². The molecule has 3 heterocycles. The summed E-state index contributed by atoms with van der Waals surface area (Å²) in [4.78, 5) is 44.8. The van der Waals surface area contributed by atoms with E-state index in [4.69, 9.17) is 9.47 Å². The summed E-state index contributed by atoms with van der Waals surface area (Å²) in [5.41, 5.74) is 0.0831. The van der Waals surface area contributed by atoms with Gasteiger partial charge in [-0.15, -0.1) is 0 Å². The number of rotatable bonds is 6. The van der Waals surface area contributed by atoms with E-state index in [1.807, 2.05) is 35.2 Å². The molecular weight excluding hydrogens is 424 g/mol. The predicted molar refractivity (Wildman–Crippen MR) is 121 cm³/mol. The Morgan fingerprint density at radius 1 is 1.09 bits per heavy atom. The van der Waals surface area contributed by atoms with Gasteiger partial charge in [-0.25, -0.2) is 14.2 Å². The van der Waals surface area contributed by atoms with Gasteiger partial charge in [0.05, 0.1) is 7.11 Å². The van der Waals surface area contributed by atoms with Gasteiger partial charge in [0.2, 0.25) is 17.4 Å². The number of piperidine rings is 1. The predicted octanol–water partition coefficient (Wildman–Crippen LogP) is 2.37. The Morgan fingerprint density at radius 2 is 1.79 bits per heavy atom. The lowest BCUT2D eigenvalue weighted by molar-refractivity contribution is -0.134. The molecule has 33 heavy (non-hydrogen) atoms. The number of imidazole rings is 1. The Bertz CT molecular complexity index is 1210. The zero-order valence-corrected chi connectivity index (χ0v) is 19.1. The van der Waals surface area contributed by atoms with Crippen LogP contribution >= 0.6 is 0 Å². The third-order valence-corrected chi connectivity index (χ3v) is 5.84. The van der Waals surface area contributed by atoms with Crippen LogP contribution in [0.3, 0.4) is 0 Å². The van der Waals surface area contributed by atoms with E-state index in [9.17, 15) is 14.4 Å². The van der Waals surface area contributed by atoms with Crippen molar-refractivity contribution in [2.45, 2.75) is 33.4 Å². The summed E-state index contributed by atoms with van der Waals surface area (Å²) in [5, 5.41) is 0. The molecule has 3 aromatic rings. The zero-order valence-electron chi connectivity index (χ0n) is 19.1. The number of amides is 1. The topological polar surface area (TPSA) is 95.1 Å². The number of aromatic nitrogens is 3. The molecule has 9 heteroatoms. The number of ether oxygens (including phenoxy) is 2. The van der Waals surface area contributed by atoms with Gasteiger partial charge in [-0.05, 0) is 23.8 Å². The molecular formula is C24H28N4O5. The monoisotopic (exact) mass is 452 g/mol. The first kappa shape index (κ1) is 22.6. The number of nitrogens with zero attached hydrogens (tertiary/aromatic N) is 4. The fraction of sp³-hybridized carbons (Fsp3) is 0.417. The zero-order chi connectivity index (χ0) is 23.5. The molecule has 174 valence electrons. The second-order valence-electron chi connectivity index (χ2n) is 8.70. The standard InChI is InChI=1S/C24H28N4O5/c1-16-11-17(2)13-27(12-16)19(29)14-26-9-10-28-22(30)21(20(23(31)32-3)25-24(26)28)33-15-18-7-5-4-6-8-18/h4-10,16-17H,11-15H2,1-3H3/t16-,17-/m1/s1. The quantitative estimate of drug-likeness (QED) is 0.533.